The number of alkyl halides is 6. The highest BCUT2D eigenvalue weighted by Gasteiger charge is 2.76. The molecule has 14 heteroatoms. The monoisotopic (exact) mass is 400 g/mol. The molecule has 0 heterocycles. The fraction of sp³-hybridized carbons (Fsp3) is 0.417. The van der Waals surface area contributed by atoms with E-state index in [0.717, 1.165) is 12.1 Å². The summed E-state index contributed by atoms with van der Waals surface area (Å²) >= 11 is 0. The van der Waals surface area contributed by atoms with Crippen LogP contribution in [0, 0.1) is 0 Å². The first-order chi connectivity index (χ1) is 11.6. The van der Waals surface area contributed by atoms with Gasteiger partial charge in [-0.3, -0.25) is 4.55 Å². The van der Waals surface area contributed by atoms with E-state index in [4.69, 9.17) is 20.2 Å². The van der Waals surface area contributed by atoms with Gasteiger partial charge in [0, 0.05) is 0 Å². The molecule has 0 saturated heterocycles. The molecule has 1 aromatic rings. The summed E-state index contributed by atoms with van der Waals surface area (Å²) in [6.45, 7) is 0. The molecule has 0 atom stereocenters. The summed E-state index contributed by atoms with van der Waals surface area (Å²) in [6, 6.07) is 3.01. The van der Waals surface area contributed by atoms with E-state index in [2.05, 4.69) is 4.74 Å². The van der Waals surface area contributed by atoms with E-state index in [1.165, 1.54) is 6.07 Å². The quantitative estimate of drug-likeness (QED) is 0.346. The maximum atomic E-state index is 13.1. The van der Waals surface area contributed by atoms with Gasteiger partial charge in [-0.25, -0.2) is 4.79 Å². The Kier molecular flexibility index (Phi) is 6.14. The van der Waals surface area contributed by atoms with E-state index in [9.17, 15) is 39.6 Å². The molecule has 26 heavy (non-hydrogen) atoms. The van der Waals surface area contributed by atoms with Crippen LogP contribution in [0.1, 0.15) is 15.9 Å². The maximum absolute atomic E-state index is 13.1. The second kappa shape index (κ2) is 7.14. The molecule has 1 aromatic carbocycles. The molecule has 1 rings (SSSR count). The summed E-state index contributed by atoms with van der Waals surface area (Å²) in [5.74, 6) is -5.14. The Bertz CT molecular complexity index is 776. The van der Waals surface area contributed by atoms with Gasteiger partial charge in [-0.15, -0.1) is 0 Å². The third kappa shape index (κ3) is 4.53. The van der Waals surface area contributed by atoms with E-state index in [-0.39, 0.29) is 11.0 Å². The Morgan fingerprint density at radius 2 is 1.62 bits per heavy atom. The Labute approximate surface area is 146 Å². The van der Waals surface area contributed by atoms with Crippen molar-refractivity contribution in [2.45, 2.75) is 24.3 Å². The van der Waals surface area contributed by atoms with Crippen molar-refractivity contribution < 1.29 is 48.8 Å². The second-order valence-corrected chi connectivity index (χ2v) is 6.47. The predicted molar refractivity (Wildman–Crippen MR) is 78.0 cm³/mol. The summed E-state index contributed by atoms with van der Waals surface area (Å²) in [4.78, 5) is 12.0. The summed E-state index contributed by atoms with van der Waals surface area (Å²) < 4.78 is 112. The number of carbonyl (C=O) groups is 1. The van der Waals surface area contributed by atoms with Gasteiger partial charge in [0.2, 0.25) is 0 Å². The Balaban J connectivity index is 3.56. The van der Waals surface area contributed by atoms with Crippen molar-refractivity contribution in [1.29, 1.82) is 0 Å². The maximum Gasteiger partial charge on any atom is 0.438 e. The van der Waals surface area contributed by atoms with Crippen molar-refractivity contribution >= 4 is 37.2 Å². The van der Waals surface area contributed by atoms with Gasteiger partial charge in [0.05, 0.1) is 13.4 Å². The van der Waals surface area contributed by atoms with E-state index in [0.29, 0.717) is 0 Å². The normalized spacial score (nSPS) is 13.5. The van der Waals surface area contributed by atoms with Crippen molar-refractivity contribution in [2.75, 3.05) is 5.75 Å². The Hall–Kier alpha value is -1.69. The number of esters is 1. The van der Waals surface area contributed by atoms with Gasteiger partial charge >= 0.3 is 23.9 Å². The number of halogens is 6. The van der Waals surface area contributed by atoms with Crippen LogP contribution in [0.4, 0.5) is 26.3 Å². The lowest BCUT2D eigenvalue weighted by Crippen LogP contribution is -2.63. The Morgan fingerprint density at radius 3 is 2.00 bits per heavy atom. The average Bonchev–Trinajstić information content (AvgIpc) is 2.42. The zero-order valence-corrected chi connectivity index (χ0v) is 13.4. The van der Waals surface area contributed by atoms with Gasteiger partial charge in [-0.2, -0.15) is 34.8 Å². The third-order valence-electron chi connectivity index (χ3n) is 3.20. The second-order valence-electron chi connectivity index (χ2n) is 5.02. The van der Waals surface area contributed by atoms with E-state index in [1.54, 1.807) is 0 Å². The predicted octanol–water partition coefficient (Wildman–Crippen LogP) is 1.06. The smallest absolute Gasteiger partial charge is 0.435 e. The van der Waals surface area contributed by atoms with Gasteiger partial charge in [0.1, 0.15) is 13.6 Å². The lowest BCUT2D eigenvalue weighted by Gasteiger charge is -2.35. The molecule has 0 amide bonds. The lowest BCUT2D eigenvalue weighted by molar-refractivity contribution is -0.356. The van der Waals surface area contributed by atoms with Crippen LogP contribution in [0.25, 0.3) is 0 Å². The molecule has 0 saturated carbocycles. The third-order valence-corrected chi connectivity index (χ3v) is 3.98. The molecule has 0 aliphatic heterocycles. The molecule has 140 valence electrons. The van der Waals surface area contributed by atoms with Crippen LogP contribution in [0.5, 0.6) is 0 Å². The van der Waals surface area contributed by atoms with Gasteiger partial charge in [-0.05, 0) is 11.6 Å². The number of hydrogen-bond acceptors (Lipinski definition) is 4. The minimum atomic E-state index is -6.42. The fourth-order valence-electron chi connectivity index (χ4n) is 1.96. The first kappa shape index (κ1) is 22.4. The van der Waals surface area contributed by atoms with Crippen LogP contribution in [-0.4, -0.2) is 58.3 Å². The number of rotatable bonds is 5. The number of benzene rings is 1. The van der Waals surface area contributed by atoms with Crippen molar-refractivity contribution in [3.05, 3.63) is 29.3 Å². The zero-order valence-electron chi connectivity index (χ0n) is 12.6. The van der Waals surface area contributed by atoms with Crippen molar-refractivity contribution in [3.63, 3.8) is 0 Å². The standard InChI is InChI=1S/C12H8B2F6O5S/c13-4-7-6(2-1-3-8(7)14)9(21)25-10(11(15,16)17,12(18,19)20)5-26(22,23)24/h1-3H,4-5H2,(H,22,23,24). The molecule has 0 unspecified atom stereocenters. The molecule has 0 aliphatic rings. The first-order valence-electron chi connectivity index (χ1n) is 6.45. The topological polar surface area (TPSA) is 80.7 Å². The van der Waals surface area contributed by atoms with Crippen molar-refractivity contribution in [3.8, 4) is 0 Å². The average molecular weight is 400 g/mol. The summed E-state index contributed by atoms with van der Waals surface area (Å²) in [5, 5.41) is 0. The highest BCUT2D eigenvalue weighted by Crippen LogP contribution is 2.47. The number of carbonyl (C=O) groups excluding carboxylic acids is 1. The number of hydrogen-bond donors (Lipinski definition) is 1. The first-order valence-corrected chi connectivity index (χ1v) is 8.06. The molecule has 0 aliphatic carbocycles. The van der Waals surface area contributed by atoms with E-state index >= 15 is 0 Å². The van der Waals surface area contributed by atoms with Gasteiger partial charge in [0.25, 0.3) is 10.1 Å². The SMILES string of the molecule is [B]Cc1c([B])cccc1C(=O)OC(CS(=O)(=O)O)(C(F)(F)F)C(F)(F)F. The van der Waals surface area contributed by atoms with Crippen LogP contribution in [0.2, 0.25) is 0 Å². The van der Waals surface area contributed by atoms with Crippen LogP contribution >= 0.6 is 0 Å². The molecule has 0 aromatic heterocycles. The summed E-state index contributed by atoms with van der Waals surface area (Å²) in [6.07, 6.45) is -13.4. The van der Waals surface area contributed by atoms with Gasteiger partial charge < -0.3 is 4.74 Å². The fourth-order valence-corrected chi connectivity index (χ4v) is 2.86. The minimum absolute atomic E-state index is 0.207. The van der Waals surface area contributed by atoms with E-state index in [1.807, 2.05) is 0 Å². The summed E-state index contributed by atoms with van der Waals surface area (Å²) in [5.41, 5.74) is -6.83. The molecular weight excluding hydrogens is 392 g/mol. The van der Waals surface area contributed by atoms with Crippen LogP contribution in [0.3, 0.4) is 0 Å². The molecule has 0 fully saturated rings. The largest absolute Gasteiger partial charge is 0.438 e. The van der Waals surface area contributed by atoms with Crippen molar-refractivity contribution in [2.24, 2.45) is 0 Å². The van der Waals surface area contributed by atoms with Gasteiger partial charge in [-0.1, -0.05) is 23.9 Å². The summed E-state index contributed by atoms with van der Waals surface area (Å²) in [7, 11) is 4.83. The molecule has 1 N–H and O–H groups in total. The molecular formula is C12H8B2F6O5S. The van der Waals surface area contributed by atoms with Crippen LogP contribution in [-0.2, 0) is 21.2 Å². The molecule has 0 spiro atoms. The number of ether oxygens (including phenoxy) is 1. The molecule has 0 bridgehead atoms. The highest BCUT2D eigenvalue weighted by atomic mass is 32.2. The Morgan fingerprint density at radius 1 is 1.12 bits per heavy atom. The molecule has 4 radical (unpaired) electrons. The van der Waals surface area contributed by atoms with Crippen LogP contribution in [0.15, 0.2) is 18.2 Å². The minimum Gasteiger partial charge on any atom is -0.435 e. The van der Waals surface area contributed by atoms with E-state index < -0.39 is 51.7 Å². The lowest BCUT2D eigenvalue weighted by atomic mass is 9.81. The highest BCUT2D eigenvalue weighted by molar-refractivity contribution is 7.85. The van der Waals surface area contributed by atoms with Gasteiger partial charge in [0.15, 0.2) is 0 Å². The zero-order chi connectivity index (χ0) is 20.6. The van der Waals surface area contributed by atoms with Crippen molar-refractivity contribution in [1.82, 2.24) is 0 Å². The molecule has 5 nitrogen and oxygen atoms in total. The van der Waals surface area contributed by atoms with Crippen LogP contribution < -0.4 is 5.46 Å².